The molecule has 1 aromatic carbocycles. The molecule has 0 aliphatic heterocycles. The molecular weight excluding hydrogens is 269 g/mol. The minimum atomic E-state index is -0.389. The monoisotopic (exact) mass is 283 g/mol. The molecule has 0 saturated heterocycles. The minimum absolute atomic E-state index is 0.156. The van der Waals surface area contributed by atoms with Gasteiger partial charge in [-0.15, -0.1) is 0 Å². The summed E-state index contributed by atoms with van der Waals surface area (Å²) in [5, 5.41) is 4.16. The van der Waals surface area contributed by atoms with E-state index in [1.165, 1.54) is 6.07 Å². The number of nitrogens with two attached hydrogens (primary N) is 1. The van der Waals surface area contributed by atoms with Gasteiger partial charge in [-0.1, -0.05) is 36.7 Å². The Morgan fingerprint density at radius 1 is 1.42 bits per heavy atom. The van der Waals surface area contributed by atoms with Crippen molar-refractivity contribution < 1.29 is 8.91 Å². The highest BCUT2D eigenvalue weighted by atomic mass is 35.5. The summed E-state index contributed by atoms with van der Waals surface area (Å²) in [6, 6.07) is 4.22. The molecule has 19 heavy (non-hydrogen) atoms. The highest BCUT2D eigenvalue weighted by molar-refractivity contribution is 6.31. The van der Waals surface area contributed by atoms with Crippen LogP contribution >= 0.6 is 11.6 Å². The van der Waals surface area contributed by atoms with Gasteiger partial charge in [0.15, 0.2) is 5.82 Å². The van der Waals surface area contributed by atoms with Gasteiger partial charge in [-0.2, -0.15) is 4.98 Å². The maximum Gasteiger partial charge on any atom is 0.231 e. The lowest BCUT2D eigenvalue weighted by atomic mass is 10.1. The molecule has 1 heterocycles. The molecule has 0 aliphatic carbocycles. The fraction of sp³-hybridized carbons (Fsp3) is 0.385. The van der Waals surface area contributed by atoms with Crippen molar-refractivity contribution in [2.24, 2.45) is 11.7 Å². The fourth-order valence-electron chi connectivity index (χ4n) is 1.63. The van der Waals surface area contributed by atoms with Crippen LogP contribution in [0.25, 0.3) is 0 Å². The molecule has 4 nitrogen and oxygen atoms in total. The van der Waals surface area contributed by atoms with E-state index in [1.54, 1.807) is 12.1 Å². The van der Waals surface area contributed by atoms with E-state index in [0.717, 1.165) is 0 Å². The Kier molecular flexibility index (Phi) is 4.17. The predicted octanol–water partition coefficient (Wildman–Crippen LogP) is 3.11. The van der Waals surface area contributed by atoms with Crippen molar-refractivity contribution in [2.75, 3.05) is 0 Å². The molecule has 1 atom stereocenters. The second-order valence-corrected chi connectivity index (χ2v) is 5.10. The maximum atomic E-state index is 13.6. The highest BCUT2D eigenvalue weighted by Crippen LogP contribution is 2.22. The summed E-state index contributed by atoms with van der Waals surface area (Å²) in [5.74, 6) is 0.540. The molecule has 0 fully saturated rings. The molecule has 2 rings (SSSR count). The van der Waals surface area contributed by atoms with Crippen LogP contribution in [-0.2, 0) is 6.42 Å². The molecule has 2 aromatic rings. The standard InChI is InChI=1S/C13H15ClFN3O/c1-7(2)12(16)13-17-11(19-18-13)6-8-9(14)4-3-5-10(8)15/h3-5,7,12H,6,16H2,1-2H3. The summed E-state index contributed by atoms with van der Waals surface area (Å²) in [4.78, 5) is 4.18. The Bertz CT molecular complexity index is 551. The Morgan fingerprint density at radius 3 is 2.79 bits per heavy atom. The van der Waals surface area contributed by atoms with E-state index in [1.807, 2.05) is 13.8 Å². The molecule has 0 saturated carbocycles. The van der Waals surface area contributed by atoms with Crippen LogP contribution in [0.4, 0.5) is 4.39 Å². The number of nitrogens with zero attached hydrogens (tertiary/aromatic N) is 2. The Balaban J connectivity index is 2.21. The molecule has 6 heteroatoms. The first-order valence-corrected chi connectivity index (χ1v) is 6.37. The summed E-state index contributed by atoms with van der Waals surface area (Å²) < 4.78 is 18.7. The predicted molar refractivity (Wildman–Crippen MR) is 70.3 cm³/mol. The number of rotatable bonds is 4. The van der Waals surface area contributed by atoms with Crippen LogP contribution in [0.3, 0.4) is 0 Å². The first-order chi connectivity index (χ1) is 8.99. The van der Waals surface area contributed by atoms with Crippen LogP contribution in [0.2, 0.25) is 5.02 Å². The summed E-state index contributed by atoms with van der Waals surface area (Å²) in [7, 11) is 0. The van der Waals surface area contributed by atoms with Gasteiger partial charge in [0, 0.05) is 10.6 Å². The smallest absolute Gasteiger partial charge is 0.231 e. The molecule has 0 bridgehead atoms. The summed E-state index contributed by atoms with van der Waals surface area (Å²) in [6.45, 7) is 3.93. The molecule has 1 aromatic heterocycles. The molecule has 0 aliphatic rings. The van der Waals surface area contributed by atoms with Crippen molar-refractivity contribution in [3.63, 3.8) is 0 Å². The number of hydrogen-bond acceptors (Lipinski definition) is 4. The second-order valence-electron chi connectivity index (χ2n) is 4.69. The molecule has 102 valence electrons. The molecule has 2 N–H and O–H groups in total. The van der Waals surface area contributed by atoms with E-state index in [2.05, 4.69) is 10.1 Å². The molecule has 1 unspecified atom stereocenters. The number of halogens is 2. The fourth-order valence-corrected chi connectivity index (χ4v) is 1.86. The average molecular weight is 284 g/mol. The van der Waals surface area contributed by atoms with Crippen molar-refractivity contribution >= 4 is 11.6 Å². The van der Waals surface area contributed by atoms with E-state index >= 15 is 0 Å². The molecular formula is C13H15ClFN3O. The van der Waals surface area contributed by atoms with E-state index in [-0.39, 0.29) is 24.2 Å². The van der Waals surface area contributed by atoms with Crippen LogP contribution < -0.4 is 5.73 Å². The van der Waals surface area contributed by atoms with Gasteiger partial charge in [0.1, 0.15) is 5.82 Å². The number of aromatic nitrogens is 2. The van der Waals surface area contributed by atoms with Crippen molar-refractivity contribution in [1.29, 1.82) is 0 Å². The van der Waals surface area contributed by atoms with Crippen LogP contribution in [0.5, 0.6) is 0 Å². The molecule has 0 spiro atoms. The molecule has 0 amide bonds. The zero-order valence-electron chi connectivity index (χ0n) is 10.7. The van der Waals surface area contributed by atoms with Gasteiger partial charge in [-0.3, -0.25) is 0 Å². The Hall–Kier alpha value is -1.46. The van der Waals surface area contributed by atoms with Crippen LogP contribution in [0.15, 0.2) is 22.7 Å². The largest absolute Gasteiger partial charge is 0.339 e. The third-order valence-electron chi connectivity index (χ3n) is 2.89. The topological polar surface area (TPSA) is 64.9 Å². The normalized spacial score (nSPS) is 12.9. The SMILES string of the molecule is CC(C)C(N)c1noc(Cc2c(F)cccc2Cl)n1. The zero-order chi connectivity index (χ0) is 14.0. The van der Waals surface area contributed by atoms with Gasteiger partial charge in [0.2, 0.25) is 5.89 Å². The van der Waals surface area contributed by atoms with Crippen molar-refractivity contribution in [1.82, 2.24) is 10.1 Å². The van der Waals surface area contributed by atoms with E-state index < -0.39 is 0 Å². The van der Waals surface area contributed by atoms with Gasteiger partial charge in [-0.05, 0) is 18.1 Å². The lowest BCUT2D eigenvalue weighted by molar-refractivity contribution is 0.367. The van der Waals surface area contributed by atoms with E-state index in [9.17, 15) is 4.39 Å². The Morgan fingerprint density at radius 2 is 2.16 bits per heavy atom. The van der Waals surface area contributed by atoms with Gasteiger partial charge in [0.25, 0.3) is 0 Å². The summed E-state index contributed by atoms with van der Waals surface area (Å²) >= 11 is 5.94. The summed E-state index contributed by atoms with van der Waals surface area (Å²) in [5.41, 5.74) is 6.26. The third-order valence-corrected chi connectivity index (χ3v) is 3.24. The third kappa shape index (κ3) is 3.11. The van der Waals surface area contributed by atoms with Gasteiger partial charge >= 0.3 is 0 Å². The van der Waals surface area contributed by atoms with Crippen molar-refractivity contribution in [2.45, 2.75) is 26.3 Å². The van der Waals surface area contributed by atoms with Gasteiger partial charge < -0.3 is 10.3 Å². The van der Waals surface area contributed by atoms with E-state index in [0.29, 0.717) is 22.3 Å². The van der Waals surface area contributed by atoms with Crippen LogP contribution in [0, 0.1) is 11.7 Å². The summed E-state index contributed by atoms with van der Waals surface area (Å²) in [6.07, 6.45) is 0.156. The first kappa shape index (κ1) is 14.0. The minimum Gasteiger partial charge on any atom is -0.339 e. The first-order valence-electron chi connectivity index (χ1n) is 6.00. The maximum absolute atomic E-state index is 13.6. The van der Waals surface area contributed by atoms with Crippen molar-refractivity contribution in [3.8, 4) is 0 Å². The lowest BCUT2D eigenvalue weighted by Gasteiger charge is -2.09. The van der Waals surface area contributed by atoms with E-state index in [4.69, 9.17) is 21.9 Å². The van der Waals surface area contributed by atoms with Gasteiger partial charge in [0.05, 0.1) is 12.5 Å². The van der Waals surface area contributed by atoms with Gasteiger partial charge in [-0.25, -0.2) is 4.39 Å². The Labute approximate surface area is 115 Å². The quantitative estimate of drug-likeness (QED) is 0.936. The number of benzene rings is 1. The van der Waals surface area contributed by atoms with Crippen molar-refractivity contribution in [3.05, 3.63) is 46.3 Å². The van der Waals surface area contributed by atoms with Crippen LogP contribution in [0.1, 0.15) is 37.2 Å². The lowest BCUT2D eigenvalue weighted by Crippen LogP contribution is -2.18. The molecule has 0 radical (unpaired) electrons. The average Bonchev–Trinajstić information content (AvgIpc) is 2.81. The second kappa shape index (κ2) is 5.67. The number of hydrogen-bond donors (Lipinski definition) is 1. The highest BCUT2D eigenvalue weighted by Gasteiger charge is 2.18. The zero-order valence-corrected chi connectivity index (χ0v) is 11.5. The van der Waals surface area contributed by atoms with Crippen LogP contribution in [-0.4, -0.2) is 10.1 Å².